The predicted octanol–water partition coefficient (Wildman–Crippen LogP) is 2.91. The van der Waals surface area contributed by atoms with E-state index in [9.17, 15) is 14.4 Å². The van der Waals surface area contributed by atoms with E-state index >= 15 is 0 Å². The lowest BCUT2D eigenvalue weighted by Crippen LogP contribution is -2.14. The van der Waals surface area contributed by atoms with Crippen LogP contribution in [-0.4, -0.2) is 31.1 Å². The van der Waals surface area contributed by atoms with Crippen molar-refractivity contribution in [2.75, 3.05) is 18.9 Å². The Kier molecular flexibility index (Phi) is 7.12. The maximum atomic E-state index is 12.3. The van der Waals surface area contributed by atoms with Crippen molar-refractivity contribution in [3.63, 3.8) is 0 Å². The van der Waals surface area contributed by atoms with Crippen molar-refractivity contribution < 1.29 is 28.6 Å². The summed E-state index contributed by atoms with van der Waals surface area (Å²) in [4.78, 5) is 36.9. The second-order valence-corrected chi connectivity index (χ2v) is 6.41. The van der Waals surface area contributed by atoms with Crippen molar-refractivity contribution >= 4 is 34.2 Å². The highest BCUT2D eigenvalue weighted by Gasteiger charge is 2.28. The summed E-state index contributed by atoms with van der Waals surface area (Å²) >= 11 is 0.865. The molecule has 1 aromatic carbocycles. The van der Waals surface area contributed by atoms with Crippen molar-refractivity contribution in [2.45, 2.75) is 20.5 Å². The number of nitrogens with zero attached hydrogens (tertiary/aromatic N) is 1. The molecule has 0 bridgehead atoms. The van der Waals surface area contributed by atoms with Crippen LogP contribution in [-0.2, 0) is 20.8 Å². The fourth-order valence-electron chi connectivity index (χ4n) is 2.35. The third-order valence-corrected chi connectivity index (χ3v) is 4.59. The molecule has 0 saturated heterocycles. The number of hydrogen-bond acceptors (Lipinski definition) is 9. The average Bonchev–Trinajstić information content (AvgIpc) is 3.02. The highest BCUT2D eigenvalue weighted by atomic mass is 32.1. The van der Waals surface area contributed by atoms with E-state index in [2.05, 4.69) is 0 Å². The second-order valence-electron chi connectivity index (χ2n) is 5.36. The molecule has 9 heteroatoms. The molecule has 0 atom stereocenters. The number of esters is 3. The number of carbonyl (C=O) groups excluding carboxylic acids is 3. The minimum absolute atomic E-state index is 0.0199. The van der Waals surface area contributed by atoms with Crippen LogP contribution < -0.4 is 5.73 Å². The SMILES string of the molecule is CCOC(=O)c1sc(N)c(C(=O)OCC)c1COC(=O)c1cccc(C#N)c1. The molecule has 2 aromatic rings. The second kappa shape index (κ2) is 9.53. The van der Waals surface area contributed by atoms with E-state index in [-0.39, 0.29) is 46.4 Å². The fourth-order valence-corrected chi connectivity index (χ4v) is 3.30. The van der Waals surface area contributed by atoms with Crippen molar-refractivity contribution in [3.8, 4) is 6.07 Å². The van der Waals surface area contributed by atoms with Gasteiger partial charge in [0.05, 0.1) is 30.4 Å². The maximum absolute atomic E-state index is 12.3. The molecule has 8 nitrogen and oxygen atoms in total. The molecule has 0 aliphatic carbocycles. The van der Waals surface area contributed by atoms with E-state index in [0.29, 0.717) is 5.56 Å². The molecule has 1 aromatic heterocycles. The average molecular weight is 402 g/mol. The van der Waals surface area contributed by atoms with Gasteiger partial charge in [-0.3, -0.25) is 0 Å². The van der Waals surface area contributed by atoms with Crippen LogP contribution in [0.1, 0.15) is 55.4 Å². The van der Waals surface area contributed by atoms with Gasteiger partial charge in [-0.1, -0.05) is 6.07 Å². The molecule has 146 valence electrons. The van der Waals surface area contributed by atoms with E-state index in [1.165, 1.54) is 12.1 Å². The maximum Gasteiger partial charge on any atom is 0.348 e. The number of rotatable bonds is 7. The Bertz CT molecular complexity index is 944. The summed E-state index contributed by atoms with van der Waals surface area (Å²) in [6.07, 6.45) is 0. The summed E-state index contributed by atoms with van der Waals surface area (Å²) < 4.78 is 15.2. The van der Waals surface area contributed by atoms with Crippen LogP contribution in [0.25, 0.3) is 0 Å². The van der Waals surface area contributed by atoms with Gasteiger partial charge in [-0.15, -0.1) is 11.3 Å². The zero-order valence-electron chi connectivity index (χ0n) is 15.3. The summed E-state index contributed by atoms with van der Waals surface area (Å²) in [5.41, 5.74) is 6.47. The normalized spacial score (nSPS) is 10.0. The Labute approximate surface area is 165 Å². The third-order valence-electron chi connectivity index (χ3n) is 3.55. The monoisotopic (exact) mass is 402 g/mol. The van der Waals surface area contributed by atoms with Crippen molar-refractivity contribution in [3.05, 3.63) is 51.4 Å². The van der Waals surface area contributed by atoms with Crippen LogP contribution in [0.3, 0.4) is 0 Å². The smallest absolute Gasteiger partial charge is 0.348 e. The Balaban J connectivity index is 2.33. The van der Waals surface area contributed by atoms with Gasteiger partial charge < -0.3 is 19.9 Å². The zero-order valence-corrected chi connectivity index (χ0v) is 16.1. The number of ether oxygens (including phenoxy) is 3. The van der Waals surface area contributed by atoms with Crippen LogP contribution in [0.15, 0.2) is 24.3 Å². The first-order valence-corrected chi connectivity index (χ1v) is 9.17. The van der Waals surface area contributed by atoms with Gasteiger partial charge in [-0.05, 0) is 32.0 Å². The fraction of sp³-hybridized carbons (Fsp3) is 0.263. The van der Waals surface area contributed by atoms with E-state index < -0.39 is 17.9 Å². The van der Waals surface area contributed by atoms with Gasteiger partial charge in [0.2, 0.25) is 0 Å². The molecule has 0 aliphatic rings. The number of nitrogen functional groups attached to an aromatic ring is 1. The Morgan fingerprint density at radius 3 is 2.39 bits per heavy atom. The molecule has 0 radical (unpaired) electrons. The van der Waals surface area contributed by atoms with Gasteiger partial charge in [-0.25, -0.2) is 14.4 Å². The molecule has 0 amide bonds. The third kappa shape index (κ3) is 4.66. The number of thiophene rings is 1. The topological polar surface area (TPSA) is 129 Å². The Morgan fingerprint density at radius 1 is 1.07 bits per heavy atom. The molecule has 28 heavy (non-hydrogen) atoms. The molecule has 2 N–H and O–H groups in total. The lowest BCUT2D eigenvalue weighted by atomic mass is 10.1. The zero-order chi connectivity index (χ0) is 20.7. The van der Waals surface area contributed by atoms with E-state index in [1.807, 2.05) is 6.07 Å². The van der Waals surface area contributed by atoms with Gasteiger partial charge in [-0.2, -0.15) is 5.26 Å². The van der Waals surface area contributed by atoms with Crippen LogP contribution in [0.2, 0.25) is 0 Å². The van der Waals surface area contributed by atoms with Gasteiger partial charge in [0.1, 0.15) is 22.0 Å². The summed E-state index contributed by atoms with van der Waals surface area (Å²) in [6, 6.07) is 7.90. The summed E-state index contributed by atoms with van der Waals surface area (Å²) in [5.74, 6) is -2.11. The number of hydrogen-bond donors (Lipinski definition) is 1. The molecule has 0 spiro atoms. The largest absolute Gasteiger partial charge is 0.462 e. The Hall–Kier alpha value is -3.38. The predicted molar refractivity (Wildman–Crippen MR) is 101 cm³/mol. The first-order chi connectivity index (χ1) is 13.4. The molecular weight excluding hydrogens is 384 g/mol. The lowest BCUT2D eigenvalue weighted by Gasteiger charge is -2.09. The van der Waals surface area contributed by atoms with Crippen LogP contribution in [0.5, 0.6) is 0 Å². The number of nitrogens with two attached hydrogens (primary N) is 1. The summed E-state index contributed by atoms with van der Waals surface area (Å²) in [7, 11) is 0. The molecular formula is C19H18N2O6S. The highest BCUT2D eigenvalue weighted by Crippen LogP contribution is 2.33. The van der Waals surface area contributed by atoms with E-state index in [0.717, 1.165) is 11.3 Å². The first kappa shape index (κ1) is 20.9. The van der Waals surface area contributed by atoms with Crippen LogP contribution in [0.4, 0.5) is 5.00 Å². The first-order valence-electron chi connectivity index (χ1n) is 8.35. The van der Waals surface area contributed by atoms with E-state index in [1.54, 1.807) is 26.0 Å². The van der Waals surface area contributed by atoms with Gasteiger partial charge >= 0.3 is 17.9 Å². The van der Waals surface area contributed by atoms with Crippen LogP contribution in [0, 0.1) is 11.3 Å². The minimum Gasteiger partial charge on any atom is -0.462 e. The summed E-state index contributed by atoms with van der Waals surface area (Å²) in [6.45, 7) is 3.14. The standard InChI is InChI=1S/C19H18N2O6S/c1-3-25-18(23)14-13(15(28-16(14)21)19(24)26-4-2)10-27-17(22)12-7-5-6-11(8-12)9-20/h5-8H,3-4,10,21H2,1-2H3. The van der Waals surface area contributed by atoms with E-state index in [4.69, 9.17) is 25.2 Å². The van der Waals surface area contributed by atoms with Crippen molar-refractivity contribution in [2.24, 2.45) is 0 Å². The molecule has 0 unspecified atom stereocenters. The molecule has 0 fully saturated rings. The lowest BCUT2D eigenvalue weighted by molar-refractivity contribution is 0.0437. The molecule has 0 saturated carbocycles. The Morgan fingerprint density at radius 2 is 1.75 bits per heavy atom. The summed E-state index contributed by atoms with van der Waals surface area (Å²) in [5, 5.41) is 9.00. The van der Waals surface area contributed by atoms with Gasteiger partial charge in [0, 0.05) is 5.56 Å². The molecule has 1 heterocycles. The van der Waals surface area contributed by atoms with Crippen LogP contribution >= 0.6 is 11.3 Å². The number of benzene rings is 1. The number of carbonyl (C=O) groups is 3. The quantitative estimate of drug-likeness (QED) is 0.553. The van der Waals surface area contributed by atoms with Crippen molar-refractivity contribution in [1.82, 2.24) is 0 Å². The number of nitriles is 1. The van der Waals surface area contributed by atoms with Gasteiger partial charge in [0.25, 0.3) is 0 Å². The molecule has 2 rings (SSSR count). The number of anilines is 1. The highest BCUT2D eigenvalue weighted by molar-refractivity contribution is 7.18. The molecule has 0 aliphatic heterocycles. The van der Waals surface area contributed by atoms with Crippen molar-refractivity contribution in [1.29, 1.82) is 5.26 Å². The minimum atomic E-state index is -0.718. The van der Waals surface area contributed by atoms with Gasteiger partial charge in [0.15, 0.2) is 0 Å².